The molecule has 0 amide bonds. The summed E-state index contributed by atoms with van der Waals surface area (Å²) in [5.41, 5.74) is 8.01. The second-order valence-electron chi connectivity index (χ2n) is 5.33. The van der Waals surface area contributed by atoms with Crippen molar-refractivity contribution in [3.8, 4) is 0 Å². The Kier molecular flexibility index (Phi) is 3.90. The number of imidazole rings is 1. The average Bonchev–Trinajstić information content (AvgIpc) is 2.72. The Balaban J connectivity index is 2.15. The fourth-order valence-corrected chi connectivity index (χ4v) is 1.95. The van der Waals surface area contributed by atoms with Crippen LogP contribution in [0.5, 0.6) is 0 Å². The lowest BCUT2D eigenvalue weighted by Gasteiger charge is -2.21. The summed E-state index contributed by atoms with van der Waals surface area (Å²) in [6.45, 7) is 4.80. The molecule has 0 aliphatic rings. The number of aromatic nitrogens is 2. The summed E-state index contributed by atoms with van der Waals surface area (Å²) in [5, 5.41) is 0. The first-order valence-electron chi connectivity index (χ1n) is 6.40. The van der Waals surface area contributed by atoms with Gasteiger partial charge < -0.3 is 15.0 Å². The summed E-state index contributed by atoms with van der Waals surface area (Å²) < 4.78 is 7.39. The van der Waals surface area contributed by atoms with Gasteiger partial charge in [-0.2, -0.15) is 0 Å². The van der Waals surface area contributed by atoms with Crippen molar-refractivity contribution in [3.05, 3.63) is 47.9 Å². The number of ether oxygens (including phenoxy) is 1. The lowest BCUT2D eigenvalue weighted by Crippen LogP contribution is -2.26. The molecule has 0 aliphatic carbocycles. The van der Waals surface area contributed by atoms with Crippen LogP contribution in [0.2, 0.25) is 0 Å². The molecule has 0 saturated carbocycles. The Morgan fingerprint density at radius 3 is 2.58 bits per heavy atom. The van der Waals surface area contributed by atoms with Crippen LogP contribution in [0.1, 0.15) is 25.1 Å². The van der Waals surface area contributed by atoms with Gasteiger partial charge in [0.2, 0.25) is 0 Å². The molecule has 0 saturated heterocycles. The minimum absolute atomic E-state index is 0.250. The third-order valence-electron chi connectivity index (χ3n) is 3.30. The number of nitrogens with zero attached hydrogens (tertiary/aromatic N) is 2. The SMILES string of the molecule is COC(C)(C)Cc1ncn(Cc2ccccc2)c1N. The van der Waals surface area contributed by atoms with Crippen molar-refractivity contribution in [1.82, 2.24) is 9.55 Å². The first kappa shape index (κ1) is 13.6. The molecule has 2 aromatic rings. The number of hydrogen-bond acceptors (Lipinski definition) is 3. The van der Waals surface area contributed by atoms with Crippen LogP contribution in [0, 0.1) is 0 Å². The second kappa shape index (κ2) is 5.45. The number of rotatable bonds is 5. The molecule has 2 N–H and O–H groups in total. The molecule has 0 radical (unpaired) electrons. The first-order chi connectivity index (χ1) is 9.02. The quantitative estimate of drug-likeness (QED) is 0.897. The lowest BCUT2D eigenvalue weighted by molar-refractivity contribution is 0.0226. The zero-order valence-electron chi connectivity index (χ0n) is 11.8. The third-order valence-corrected chi connectivity index (χ3v) is 3.30. The highest BCUT2D eigenvalue weighted by molar-refractivity contribution is 5.37. The van der Waals surface area contributed by atoms with Crippen LogP contribution < -0.4 is 5.73 Å². The number of anilines is 1. The maximum Gasteiger partial charge on any atom is 0.126 e. The van der Waals surface area contributed by atoms with Crippen LogP contribution in [-0.4, -0.2) is 22.3 Å². The van der Waals surface area contributed by atoms with Gasteiger partial charge in [0.05, 0.1) is 24.2 Å². The number of methoxy groups -OCH3 is 1. The minimum Gasteiger partial charge on any atom is -0.384 e. The highest BCUT2D eigenvalue weighted by Gasteiger charge is 2.21. The topological polar surface area (TPSA) is 53.1 Å². The molecule has 0 unspecified atom stereocenters. The zero-order chi connectivity index (χ0) is 13.9. The summed E-state index contributed by atoms with van der Waals surface area (Å²) in [7, 11) is 1.71. The zero-order valence-corrected chi connectivity index (χ0v) is 11.8. The van der Waals surface area contributed by atoms with E-state index in [-0.39, 0.29) is 5.60 Å². The van der Waals surface area contributed by atoms with Gasteiger partial charge in [-0.3, -0.25) is 0 Å². The highest BCUT2D eigenvalue weighted by Crippen LogP contribution is 2.20. The third kappa shape index (κ3) is 3.35. The molecular formula is C15H21N3O. The maximum absolute atomic E-state index is 6.16. The van der Waals surface area contributed by atoms with Gasteiger partial charge >= 0.3 is 0 Å². The van der Waals surface area contributed by atoms with Crippen LogP contribution in [-0.2, 0) is 17.7 Å². The van der Waals surface area contributed by atoms with Crippen LogP contribution >= 0.6 is 0 Å². The van der Waals surface area contributed by atoms with Crippen molar-refractivity contribution in [2.24, 2.45) is 0 Å². The molecule has 102 valence electrons. The van der Waals surface area contributed by atoms with Crippen molar-refractivity contribution in [3.63, 3.8) is 0 Å². The van der Waals surface area contributed by atoms with E-state index in [1.54, 1.807) is 13.4 Å². The number of nitrogens with two attached hydrogens (primary N) is 1. The fourth-order valence-electron chi connectivity index (χ4n) is 1.95. The average molecular weight is 259 g/mol. The van der Waals surface area contributed by atoms with Crippen molar-refractivity contribution in [1.29, 1.82) is 0 Å². The van der Waals surface area contributed by atoms with Gasteiger partial charge in [-0.1, -0.05) is 30.3 Å². The van der Waals surface area contributed by atoms with Crippen LogP contribution in [0.15, 0.2) is 36.7 Å². The number of hydrogen-bond donors (Lipinski definition) is 1. The highest BCUT2D eigenvalue weighted by atomic mass is 16.5. The Labute approximate surface area is 114 Å². The fraction of sp³-hybridized carbons (Fsp3) is 0.400. The van der Waals surface area contributed by atoms with Gasteiger partial charge in [0.1, 0.15) is 5.82 Å². The Morgan fingerprint density at radius 2 is 1.95 bits per heavy atom. The lowest BCUT2D eigenvalue weighted by atomic mass is 10.0. The molecule has 0 aliphatic heterocycles. The molecule has 4 heteroatoms. The van der Waals surface area contributed by atoms with E-state index < -0.39 is 0 Å². The summed E-state index contributed by atoms with van der Waals surface area (Å²) in [4.78, 5) is 4.40. The summed E-state index contributed by atoms with van der Waals surface area (Å²) in [5.74, 6) is 0.717. The van der Waals surface area contributed by atoms with Crippen molar-refractivity contribution >= 4 is 5.82 Å². The van der Waals surface area contributed by atoms with E-state index in [0.717, 1.165) is 12.2 Å². The molecule has 1 aromatic carbocycles. The van der Waals surface area contributed by atoms with E-state index in [2.05, 4.69) is 17.1 Å². The van der Waals surface area contributed by atoms with E-state index >= 15 is 0 Å². The molecule has 2 rings (SSSR count). The van der Waals surface area contributed by atoms with E-state index in [0.29, 0.717) is 12.2 Å². The second-order valence-corrected chi connectivity index (χ2v) is 5.33. The molecule has 0 atom stereocenters. The van der Waals surface area contributed by atoms with Gasteiger partial charge in [0, 0.05) is 13.5 Å². The maximum atomic E-state index is 6.16. The van der Waals surface area contributed by atoms with E-state index in [1.807, 2.05) is 36.6 Å². The molecule has 0 spiro atoms. The van der Waals surface area contributed by atoms with Gasteiger partial charge in [-0.15, -0.1) is 0 Å². The first-order valence-corrected chi connectivity index (χ1v) is 6.40. The Morgan fingerprint density at radius 1 is 1.26 bits per heavy atom. The molecule has 1 heterocycles. The smallest absolute Gasteiger partial charge is 0.126 e. The molecule has 0 fully saturated rings. The minimum atomic E-state index is -0.250. The largest absolute Gasteiger partial charge is 0.384 e. The summed E-state index contributed by atoms with van der Waals surface area (Å²) in [6, 6.07) is 10.2. The van der Waals surface area contributed by atoms with Gasteiger partial charge in [0.15, 0.2) is 0 Å². The van der Waals surface area contributed by atoms with Gasteiger partial charge in [-0.05, 0) is 19.4 Å². The van der Waals surface area contributed by atoms with E-state index in [9.17, 15) is 0 Å². The summed E-state index contributed by atoms with van der Waals surface area (Å²) in [6.07, 6.45) is 2.50. The molecule has 19 heavy (non-hydrogen) atoms. The van der Waals surface area contributed by atoms with Crippen LogP contribution in [0.25, 0.3) is 0 Å². The predicted octanol–water partition coefficient (Wildman–Crippen LogP) is 2.48. The predicted molar refractivity (Wildman–Crippen MR) is 77.0 cm³/mol. The van der Waals surface area contributed by atoms with Gasteiger partial charge in [0.25, 0.3) is 0 Å². The Hall–Kier alpha value is -1.81. The number of nitrogen functional groups attached to an aromatic ring is 1. The molecule has 0 bridgehead atoms. The van der Waals surface area contributed by atoms with E-state index in [4.69, 9.17) is 10.5 Å². The summed E-state index contributed by atoms with van der Waals surface area (Å²) >= 11 is 0. The van der Waals surface area contributed by atoms with Crippen molar-refractivity contribution in [2.75, 3.05) is 12.8 Å². The Bertz CT molecular complexity index is 532. The molecule has 4 nitrogen and oxygen atoms in total. The molecular weight excluding hydrogens is 238 g/mol. The van der Waals surface area contributed by atoms with E-state index in [1.165, 1.54) is 5.56 Å². The van der Waals surface area contributed by atoms with Crippen LogP contribution in [0.4, 0.5) is 5.82 Å². The number of benzene rings is 1. The van der Waals surface area contributed by atoms with Gasteiger partial charge in [-0.25, -0.2) is 4.98 Å². The molecule has 1 aromatic heterocycles. The van der Waals surface area contributed by atoms with Crippen molar-refractivity contribution in [2.45, 2.75) is 32.4 Å². The standard InChI is InChI=1S/C15H21N3O/c1-15(2,19-3)9-13-14(16)18(11-17-13)10-12-7-5-4-6-8-12/h4-8,11H,9-10,16H2,1-3H3. The van der Waals surface area contributed by atoms with Crippen molar-refractivity contribution < 1.29 is 4.74 Å². The monoisotopic (exact) mass is 259 g/mol. The normalized spacial score (nSPS) is 11.7. The van der Waals surface area contributed by atoms with Crippen LogP contribution in [0.3, 0.4) is 0 Å².